The minimum Gasteiger partial charge on any atom is -0.490 e. The van der Waals surface area contributed by atoms with Crippen molar-refractivity contribution in [2.24, 2.45) is 47.2 Å². The van der Waals surface area contributed by atoms with E-state index in [1.54, 1.807) is 24.3 Å². The van der Waals surface area contributed by atoms with Gasteiger partial charge in [0.15, 0.2) is 34.7 Å². The van der Waals surface area contributed by atoms with E-state index in [4.69, 9.17) is 65.4 Å². The maximum atomic E-state index is 15.3. The fourth-order valence-electron chi connectivity index (χ4n) is 15.8. The fraction of sp³-hybridized carbons (Fsp3) is 0.471. The van der Waals surface area contributed by atoms with Crippen molar-refractivity contribution in [3.05, 3.63) is 193 Å². The van der Waals surface area contributed by atoms with Crippen molar-refractivity contribution in [3.63, 3.8) is 0 Å². The Balaban J connectivity index is 0.000000134. The van der Waals surface area contributed by atoms with Crippen LogP contribution in [0.5, 0.6) is 17.2 Å². The van der Waals surface area contributed by atoms with Crippen LogP contribution in [0.25, 0.3) is 0 Å². The molecule has 3 aliphatic heterocycles. The number of ether oxygens (including phenoxy) is 3. The molecular weight excluding hydrogens is 1300 g/mol. The van der Waals surface area contributed by atoms with Crippen molar-refractivity contribution >= 4 is 54.5 Å². The lowest BCUT2D eigenvalue weighted by Gasteiger charge is -2.53. The normalized spacial score (nSPS) is 29.0. The van der Waals surface area contributed by atoms with Gasteiger partial charge in [0.25, 0.3) is 0 Å². The van der Waals surface area contributed by atoms with E-state index in [0.717, 1.165) is 72.3 Å². The molecule has 0 bridgehead atoms. The van der Waals surface area contributed by atoms with Crippen LogP contribution in [0.3, 0.4) is 0 Å². The quantitative estimate of drug-likeness (QED) is 0.0580. The number of nitriles is 1. The second-order valence-electron chi connectivity index (χ2n) is 26.1. The SMILES string of the molecule is N#C[C@@H]1[C@H](O)CC[C@@]2(Cc3ccc(Cl)cc3)c3c(F)ccc(F)c3OC[C@@H]12.NC[C@@H]1[C@H](O)CC[C@@]2(Cc3ccc(Cl)cc3)c3c(F)ccc(F)c3OC[C@@H]12.O=S(=O)(Cl)C1CC1.O[C@@H]1CC[C@@]2(Cc3ccc(Cl)cc3)c3c(F)ccc(F)c3OC[C@H]2[C@@H]1CNCC1CC1. The van der Waals surface area contributed by atoms with Gasteiger partial charge in [-0.25, -0.2) is 34.8 Å². The van der Waals surface area contributed by atoms with Gasteiger partial charge in [-0.05, 0) is 192 Å². The van der Waals surface area contributed by atoms with Gasteiger partial charge in [-0.2, -0.15) is 5.26 Å². The molecule has 0 unspecified atom stereocenters. The number of rotatable bonds is 12. The van der Waals surface area contributed by atoms with Crippen LogP contribution in [0.15, 0.2) is 109 Å². The summed E-state index contributed by atoms with van der Waals surface area (Å²) in [6.07, 6.45) is 6.57. The first-order valence-corrected chi connectivity index (χ1v) is 34.9. The summed E-state index contributed by atoms with van der Waals surface area (Å²) in [7, 11) is 1.75. The minimum absolute atomic E-state index is 0.00706. The fourth-order valence-corrected chi connectivity index (χ4v) is 17.4. The summed E-state index contributed by atoms with van der Waals surface area (Å²) in [5.41, 5.74) is 7.51. The molecule has 3 heterocycles. The van der Waals surface area contributed by atoms with E-state index in [2.05, 4.69) is 11.4 Å². The molecule has 6 aromatic rings. The van der Waals surface area contributed by atoms with E-state index in [1.807, 2.05) is 48.5 Å². The summed E-state index contributed by atoms with van der Waals surface area (Å²) in [5.74, 6) is -4.26. The summed E-state index contributed by atoms with van der Waals surface area (Å²) >= 11 is 18.1. The predicted octanol–water partition coefficient (Wildman–Crippen LogP) is 13.8. The molecule has 5 aliphatic carbocycles. The van der Waals surface area contributed by atoms with Gasteiger partial charge in [-0.3, -0.25) is 0 Å². The van der Waals surface area contributed by atoms with Gasteiger partial charge in [0.2, 0.25) is 9.05 Å². The highest BCUT2D eigenvalue weighted by atomic mass is 35.7. The van der Waals surface area contributed by atoms with Gasteiger partial charge in [-0.1, -0.05) is 71.2 Å². The van der Waals surface area contributed by atoms with Crippen LogP contribution >= 0.6 is 45.5 Å². The number of nitrogens with one attached hydrogen (secondary N) is 1. The molecule has 8 aliphatic rings. The molecule has 11 nitrogen and oxygen atoms in total. The highest BCUT2D eigenvalue weighted by Gasteiger charge is 2.58. The maximum Gasteiger partial charge on any atom is 0.235 e. The average Bonchev–Trinajstić information content (AvgIpc) is 1.19. The first-order chi connectivity index (χ1) is 44.0. The molecule has 0 aromatic heterocycles. The van der Waals surface area contributed by atoms with Gasteiger partial charge in [0.05, 0.1) is 55.4 Å². The number of nitrogens with two attached hydrogens (primary N) is 1. The second kappa shape index (κ2) is 28.2. The van der Waals surface area contributed by atoms with Crippen LogP contribution in [-0.2, 0) is 44.6 Å². The Labute approximate surface area is 551 Å². The lowest BCUT2D eigenvalue weighted by Crippen LogP contribution is -2.56. The van der Waals surface area contributed by atoms with Crippen LogP contribution < -0.4 is 25.3 Å². The molecule has 5 fully saturated rings. The van der Waals surface area contributed by atoms with E-state index < -0.39 is 90.3 Å². The molecule has 5 saturated carbocycles. The Morgan fingerprint density at radius 3 is 1.20 bits per heavy atom. The summed E-state index contributed by atoms with van der Waals surface area (Å²) < 4.78 is 126. The van der Waals surface area contributed by atoms with E-state index in [-0.39, 0.29) is 83.7 Å². The lowest BCUT2D eigenvalue weighted by molar-refractivity contribution is -0.0455. The number of halogens is 10. The van der Waals surface area contributed by atoms with Gasteiger partial charge < -0.3 is 40.6 Å². The molecular formula is C70H73Cl4F6N3O8S. The number of hydrogen-bond donors (Lipinski definition) is 5. The third-order valence-electron chi connectivity index (χ3n) is 20.7. The highest BCUT2D eigenvalue weighted by molar-refractivity contribution is 8.14. The van der Waals surface area contributed by atoms with Crippen molar-refractivity contribution in [2.75, 3.05) is 39.5 Å². The second-order valence-corrected chi connectivity index (χ2v) is 30.4. The zero-order valence-electron chi connectivity index (χ0n) is 50.3. The van der Waals surface area contributed by atoms with Crippen LogP contribution in [0, 0.1) is 87.7 Å². The Bertz CT molecular complexity index is 3780. The van der Waals surface area contributed by atoms with Gasteiger partial charge in [-0.15, -0.1) is 0 Å². The Hall–Kier alpha value is -5.30. The van der Waals surface area contributed by atoms with Crippen LogP contribution in [0.1, 0.15) is 97.6 Å². The molecule has 0 amide bonds. The first kappa shape index (κ1) is 68.1. The molecule has 22 heteroatoms. The van der Waals surface area contributed by atoms with Gasteiger partial charge >= 0.3 is 0 Å². The summed E-state index contributed by atoms with van der Waals surface area (Å²) in [6.45, 7) is 2.41. The number of fused-ring (bicyclic) bond motifs is 9. The smallest absolute Gasteiger partial charge is 0.235 e. The topological polar surface area (TPSA) is 184 Å². The molecule has 0 radical (unpaired) electrons. The van der Waals surface area contributed by atoms with E-state index in [9.17, 15) is 46.6 Å². The number of aliphatic hydroxyl groups is 3. The summed E-state index contributed by atoms with van der Waals surface area (Å²) in [4.78, 5) is 0. The lowest BCUT2D eigenvalue weighted by atomic mass is 9.54. The summed E-state index contributed by atoms with van der Waals surface area (Å²) in [6, 6.07) is 31.1. The van der Waals surface area contributed by atoms with Crippen LogP contribution in [0.4, 0.5) is 26.3 Å². The van der Waals surface area contributed by atoms with E-state index in [1.165, 1.54) is 18.9 Å². The van der Waals surface area contributed by atoms with Crippen molar-refractivity contribution in [2.45, 2.75) is 123 Å². The molecule has 6 N–H and O–H groups in total. The maximum absolute atomic E-state index is 15.3. The summed E-state index contributed by atoms with van der Waals surface area (Å²) in [5, 5.41) is 46.5. The molecule has 6 aromatic carbocycles. The highest BCUT2D eigenvalue weighted by Crippen LogP contribution is 2.58. The number of nitrogens with zero attached hydrogens (tertiary/aromatic N) is 1. The van der Waals surface area contributed by atoms with Crippen LogP contribution in [0.2, 0.25) is 15.1 Å². The average molecular weight is 1370 g/mol. The van der Waals surface area contributed by atoms with Crippen LogP contribution in [-0.4, -0.2) is 86.8 Å². The van der Waals surface area contributed by atoms with Crippen molar-refractivity contribution in [3.8, 4) is 23.3 Å². The Morgan fingerprint density at radius 2 is 0.848 bits per heavy atom. The van der Waals surface area contributed by atoms with Gasteiger partial charge in [0.1, 0.15) is 17.5 Å². The number of aliphatic hydroxyl groups excluding tert-OH is 3. The number of benzene rings is 6. The van der Waals surface area contributed by atoms with E-state index >= 15 is 8.78 Å². The third kappa shape index (κ3) is 14.0. The largest absolute Gasteiger partial charge is 0.490 e. The van der Waals surface area contributed by atoms with E-state index in [0.29, 0.717) is 85.0 Å². The first-order valence-electron chi connectivity index (χ1n) is 31.4. The molecule has 492 valence electrons. The zero-order chi connectivity index (χ0) is 65.4. The van der Waals surface area contributed by atoms with Crippen molar-refractivity contribution in [1.82, 2.24) is 5.32 Å². The number of hydrogen-bond acceptors (Lipinski definition) is 11. The molecule has 12 atom stereocenters. The Kier molecular flexibility index (Phi) is 20.9. The Morgan fingerprint density at radius 1 is 0.500 bits per heavy atom. The molecule has 14 rings (SSSR count). The standard InChI is InChI=1S/C25H28ClF2NO2.C21H22ClF2NO2.C21H18ClF2NO2.C3H5ClO2S/c26-17-5-3-15(4-6-17)11-25-10-9-22(30)18(13-29-12-16-1-2-16)19(25)14-31-24-21(28)8-7-20(27)23(24)25;2*22-13-3-1-12(2-4-13)9-21-8-7-18(26)14(10-25)15(21)11-27-20-17(24)6-5-16(23)19(20)21;4-7(5,6)3-1-2-3/h3-8,16,18-19,22,29-30H,1-2,9-14H2;1-6,14-15,18,26H,7-11,25H2;1-6,14-15,18,26H,7-9,11H2;3H,1-2H2/t18-,19-,22+,25-;2*14-,15-,18+,21-;/m000./s1. The third-order valence-corrected chi connectivity index (χ3v) is 23.5. The van der Waals surface area contributed by atoms with Gasteiger partial charge in [0, 0.05) is 94.8 Å². The molecule has 92 heavy (non-hydrogen) atoms. The van der Waals surface area contributed by atoms with Crippen molar-refractivity contribution in [1.29, 1.82) is 5.26 Å². The molecule has 0 saturated heterocycles. The zero-order valence-corrected chi connectivity index (χ0v) is 54.1. The minimum atomic E-state index is -3.16. The predicted molar refractivity (Wildman–Crippen MR) is 341 cm³/mol. The molecule has 0 spiro atoms. The monoisotopic (exact) mass is 1370 g/mol. The van der Waals surface area contributed by atoms with Crippen molar-refractivity contribution < 1.29 is 64.3 Å².